The number of benzene rings is 6. The van der Waals surface area contributed by atoms with E-state index in [1.165, 1.54) is 54.6 Å². The fourth-order valence-electron chi connectivity index (χ4n) is 5.97. The molecule has 0 fully saturated rings. The Balaban J connectivity index is 1.86. The first-order valence-electron chi connectivity index (χ1n) is 11.1. The van der Waals surface area contributed by atoms with E-state index in [1.54, 1.807) is 0 Å². The fourth-order valence-corrected chi connectivity index (χ4v) is 6.90. The predicted molar refractivity (Wildman–Crippen MR) is 146 cm³/mol. The van der Waals surface area contributed by atoms with Crippen LogP contribution in [0.3, 0.4) is 0 Å². The molecule has 0 aliphatic heterocycles. The van der Waals surface area contributed by atoms with Crippen molar-refractivity contribution in [1.82, 2.24) is 0 Å². The van der Waals surface area contributed by atoms with Gasteiger partial charge in [-0.15, -0.1) is 0 Å². The standard InChI is InChI=1S/C31H18Br2/c32-26-17-15-24-29-22(26)13-11-19-12-14-23-27(33)18-16-25(30(23)28(19)29)31(24,20-7-3-1-4-8-20)21-9-5-2-6-10-21/h1-18H. The van der Waals surface area contributed by atoms with Crippen LogP contribution in [0.2, 0.25) is 0 Å². The lowest BCUT2D eigenvalue weighted by atomic mass is 9.60. The normalized spacial score (nSPS) is 14.0. The van der Waals surface area contributed by atoms with Gasteiger partial charge in [0.2, 0.25) is 0 Å². The number of hydrogen-bond acceptors (Lipinski definition) is 0. The van der Waals surface area contributed by atoms with Gasteiger partial charge >= 0.3 is 0 Å². The Labute approximate surface area is 209 Å². The molecule has 0 saturated heterocycles. The predicted octanol–water partition coefficient (Wildman–Crippen LogP) is 9.37. The van der Waals surface area contributed by atoms with Gasteiger partial charge in [-0.3, -0.25) is 0 Å². The van der Waals surface area contributed by atoms with Gasteiger partial charge in [-0.1, -0.05) is 129 Å². The van der Waals surface area contributed by atoms with Gasteiger partial charge in [-0.2, -0.15) is 0 Å². The van der Waals surface area contributed by atoms with Crippen LogP contribution in [0.4, 0.5) is 0 Å². The maximum Gasteiger partial charge on any atom is 0.0714 e. The van der Waals surface area contributed by atoms with E-state index in [2.05, 4.69) is 141 Å². The van der Waals surface area contributed by atoms with E-state index in [9.17, 15) is 0 Å². The van der Waals surface area contributed by atoms with E-state index in [1.807, 2.05) is 0 Å². The Kier molecular flexibility index (Phi) is 4.16. The first-order chi connectivity index (χ1) is 16.2. The minimum Gasteiger partial charge on any atom is -0.0622 e. The van der Waals surface area contributed by atoms with Crippen LogP contribution >= 0.6 is 31.9 Å². The Bertz CT molecular complexity index is 1590. The van der Waals surface area contributed by atoms with Crippen molar-refractivity contribution in [2.75, 3.05) is 0 Å². The molecule has 0 heterocycles. The summed E-state index contributed by atoms with van der Waals surface area (Å²) in [4.78, 5) is 0. The maximum atomic E-state index is 3.86. The summed E-state index contributed by atoms with van der Waals surface area (Å²) in [6.45, 7) is 0. The second-order valence-electron chi connectivity index (χ2n) is 8.75. The van der Waals surface area contributed by atoms with Gasteiger partial charge in [-0.25, -0.2) is 0 Å². The third-order valence-electron chi connectivity index (χ3n) is 7.25. The Morgan fingerprint density at radius 2 is 0.879 bits per heavy atom. The zero-order chi connectivity index (χ0) is 22.2. The molecule has 0 saturated carbocycles. The Hall–Kier alpha value is -2.94. The zero-order valence-electron chi connectivity index (χ0n) is 17.6. The average molecular weight is 550 g/mol. The van der Waals surface area contributed by atoms with Crippen LogP contribution in [0.1, 0.15) is 22.3 Å². The zero-order valence-corrected chi connectivity index (χ0v) is 20.8. The third kappa shape index (κ3) is 2.46. The molecule has 0 N–H and O–H groups in total. The van der Waals surface area contributed by atoms with Crippen LogP contribution in [0, 0.1) is 0 Å². The molecule has 0 radical (unpaired) electrons. The molecule has 156 valence electrons. The monoisotopic (exact) mass is 548 g/mol. The van der Waals surface area contributed by atoms with Crippen molar-refractivity contribution < 1.29 is 0 Å². The van der Waals surface area contributed by atoms with Gasteiger partial charge in [-0.05, 0) is 66.7 Å². The molecule has 1 aliphatic rings. The van der Waals surface area contributed by atoms with Crippen LogP contribution in [0.25, 0.3) is 32.3 Å². The highest BCUT2D eigenvalue weighted by Crippen LogP contribution is 2.56. The number of rotatable bonds is 2. The maximum absolute atomic E-state index is 3.86. The highest BCUT2D eigenvalue weighted by molar-refractivity contribution is 9.11. The molecule has 0 aromatic heterocycles. The van der Waals surface area contributed by atoms with E-state index in [-0.39, 0.29) is 0 Å². The van der Waals surface area contributed by atoms with Crippen LogP contribution in [-0.2, 0) is 5.41 Å². The van der Waals surface area contributed by atoms with Gasteiger partial charge in [0.1, 0.15) is 0 Å². The van der Waals surface area contributed by atoms with E-state index in [0.717, 1.165) is 8.95 Å². The summed E-state index contributed by atoms with van der Waals surface area (Å²) in [5.41, 5.74) is 4.84. The van der Waals surface area contributed by atoms with Crippen molar-refractivity contribution in [3.63, 3.8) is 0 Å². The second-order valence-corrected chi connectivity index (χ2v) is 10.5. The minimum atomic E-state index is -0.414. The SMILES string of the molecule is Brc1ccc2c3c1ccc1ccc4c(Br)ccc(c4c13)C2(c1ccccc1)c1ccccc1. The van der Waals surface area contributed by atoms with Gasteiger partial charge in [0.25, 0.3) is 0 Å². The topological polar surface area (TPSA) is 0 Å². The lowest BCUT2D eigenvalue weighted by molar-refractivity contribution is 0.758. The lowest BCUT2D eigenvalue weighted by Crippen LogP contribution is -2.33. The quantitative estimate of drug-likeness (QED) is 0.188. The van der Waals surface area contributed by atoms with Crippen molar-refractivity contribution in [2.24, 2.45) is 0 Å². The minimum absolute atomic E-state index is 0.414. The molecule has 0 atom stereocenters. The molecule has 0 spiro atoms. The van der Waals surface area contributed by atoms with Crippen LogP contribution < -0.4 is 0 Å². The molecule has 0 amide bonds. The van der Waals surface area contributed by atoms with Gasteiger partial charge in [0.05, 0.1) is 5.41 Å². The average Bonchev–Trinajstić information content (AvgIpc) is 2.87. The van der Waals surface area contributed by atoms with Crippen LogP contribution in [0.15, 0.2) is 118 Å². The lowest BCUT2D eigenvalue weighted by Gasteiger charge is -2.41. The summed E-state index contributed by atoms with van der Waals surface area (Å²) in [6, 6.07) is 40.1. The molecule has 33 heavy (non-hydrogen) atoms. The van der Waals surface area contributed by atoms with Crippen molar-refractivity contribution in [1.29, 1.82) is 0 Å². The van der Waals surface area contributed by atoms with E-state index in [0.29, 0.717) is 0 Å². The van der Waals surface area contributed by atoms with Crippen LogP contribution in [0.5, 0.6) is 0 Å². The van der Waals surface area contributed by atoms with Crippen molar-refractivity contribution in [3.05, 3.63) is 140 Å². The molecule has 1 aliphatic carbocycles. The molecular weight excluding hydrogens is 532 g/mol. The molecule has 7 rings (SSSR count). The largest absolute Gasteiger partial charge is 0.0714 e. The highest BCUT2D eigenvalue weighted by Gasteiger charge is 2.43. The molecule has 6 aromatic carbocycles. The summed E-state index contributed by atoms with van der Waals surface area (Å²) >= 11 is 7.71. The summed E-state index contributed by atoms with van der Waals surface area (Å²) in [5, 5.41) is 7.82. The second kappa shape index (κ2) is 7.03. The first-order valence-corrected chi connectivity index (χ1v) is 12.7. The van der Waals surface area contributed by atoms with Gasteiger partial charge in [0.15, 0.2) is 0 Å². The fraction of sp³-hybridized carbons (Fsp3) is 0.0323. The summed E-state index contributed by atoms with van der Waals surface area (Å²) < 4.78 is 2.27. The molecule has 0 nitrogen and oxygen atoms in total. The highest BCUT2D eigenvalue weighted by atomic mass is 79.9. The molecule has 0 bridgehead atoms. The Morgan fingerprint density at radius 1 is 0.424 bits per heavy atom. The summed E-state index contributed by atoms with van der Waals surface area (Å²) in [6.07, 6.45) is 0. The van der Waals surface area contributed by atoms with Gasteiger partial charge in [0, 0.05) is 8.95 Å². The molecule has 6 aromatic rings. The summed E-state index contributed by atoms with van der Waals surface area (Å²) in [5.74, 6) is 0. The number of halogens is 2. The first kappa shape index (κ1) is 19.5. The Morgan fingerprint density at radius 3 is 1.33 bits per heavy atom. The number of hydrogen-bond donors (Lipinski definition) is 0. The van der Waals surface area contributed by atoms with Crippen molar-refractivity contribution in [3.8, 4) is 0 Å². The van der Waals surface area contributed by atoms with E-state index >= 15 is 0 Å². The van der Waals surface area contributed by atoms with Crippen LogP contribution in [-0.4, -0.2) is 0 Å². The van der Waals surface area contributed by atoms with Crippen molar-refractivity contribution >= 4 is 64.2 Å². The summed E-state index contributed by atoms with van der Waals surface area (Å²) in [7, 11) is 0. The van der Waals surface area contributed by atoms with Crippen molar-refractivity contribution in [2.45, 2.75) is 5.41 Å². The molecule has 2 heteroatoms. The van der Waals surface area contributed by atoms with E-state index < -0.39 is 5.41 Å². The molecular formula is C31H18Br2. The molecule has 0 unspecified atom stereocenters. The van der Waals surface area contributed by atoms with E-state index in [4.69, 9.17) is 0 Å². The van der Waals surface area contributed by atoms with Gasteiger partial charge < -0.3 is 0 Å². The smallest absolute Gasteiger partial charge is 0.0622 e. The third-order valence-corrected chi connectivity index (χ3v) is 8.64.